The van der Waals surface area contributed by atoms with Crippen molar-refractivity contribution in [3.05, 3.63) is 107 Å². The third-order valence-electron chi connectivity index (χ3n) is 7.23. The molecule has 2 aliphatic rings. The Hall–Kier alpha value is -2.45. The molecule has 1 heterocycles. The third-order valence-corrected chi connectivity index (χ3v) is 7.23. The first-order valence-electron chi connectivity index (χ1n) is 11.3. The van der Waals surface area contributed by atoms with Gasteiger partial charge in [0.1, 0.15) is 5.82 Å². The van der Waals surface area contributed by atoms with E-state index in [4.69, 9.17) is 0 Å². The normalized spacial score (nSPS) is 23.3. The summed E-state index contributed by atoms with van der Waals surface area (Å²) in [4.78, 5) is 2.78. The highest BCUT2D eigenvalue weighted by molar-refractivity contribution is 5.33. The van der Waals surface area contributed by atoms with Gasteiger partial charge >= 0.3 is 0 Å². The summed E-state index contributed by atoms with van der Waals surface area (Å²) in [5.41, 5.74) is 5.71. The lowest BCUT2D eigenvalue weighted by molar-refractivity contribution is 0.0785. The zero-order chi connectivity index (χ0) is 20.6. The standard InChI is InChI=1S/C28H30FN/c1-21-19-25(15-18-30(21)28(16-17-28)26-5-3-2-4-6-26)24-11-7-22(8-12-24)20-23-9-13-27(29)14-10-23/h2-14,21,25H,15-20H2,1H3. The van der Waals surface area contributed by atoms with Gasteiger partial charge in [-0.3, -0.25) is 4.90 Å². The molecule has 0 radical (unpaired) electrons. The van der Waals surface area contributed by atoms with Crippen molar-refractivity contribution in [2.75, 3.05) is 6.54 Å². The molecular formula is C28H30FN. The molecule has 0 aromatic heterocycles. The Kier molecular flexibility index (Phi) is 5.20. The van der Waals surface area contributed by atoms with Crippen LogP contribution in [0.4, 0.5) is 4.39 Å². The average molecular weight is 400 g/mol. The summed E-state index contributed by atoms with van der Waals surface area (Å²) in [6.07, 6.45) is 5.91. The van der Waals surface area contributed by atoms with Crippen molar-refractivity contribution in [2.45, 2.75) is 56.5 Å². The van der Waals surface area contributed by atoms with Crippen LogP contribution >= 0.6 is 0 Å². The summed E-state index contributed by atoms with van der Waals surface area (Å²) in [5, 5.41) is 0. The molecule has 1 aliphatic heterocycles. The molecule has 154 valence electrons. The van der Waals surface area contributed by atoms with E-state index in [0.717, 1.165) is 12.0 Å². The van der Waals surface area contributed by atoms with Gasteiger partial charge in [0, 0.05) is 11.6 Å². The van der Waals surface area contributed by atoms with Gasteiger partial charge in [0.25, 0.3) is 0 Å². The quantitative estimate of drug-likeness (QED) is 0.463. The van der Waals surface area contributed by atoms with Crippen LogP contribution in [0, 0.1) is 5.82 Å². The number of halogens is 1. The molecule has 1 saturated heterocycles. The van der Waals surface area contributed by atoms with Crippen LogP contribution in [0.3, 0.4) is 0 Å². The fourth-order valence-corrected chi connectivity index (χ4v) is 5.46. The predicted molar refractivity (Wildman–Crippen MR) is 121 cm³/mol. The smallest absolute Gasteiger partial charge is 0.123 e. The zero-order valence-corrected chi connectivity index (χ0v) is 17.7. The number of hydrogen-bond donors (Lipinski definition) is 0. The number of piperidine rings is 1. The SMILES string of the molecule is CC1CC(c2ccc(Cc3ccc(F)cc3)cc2)CCN1C1(c2ccccc2)CC1. The molecule has 5 rings (SSSR count). The summed E-state index contributed by atoms with van der Waals surface area (Å²) >= 11 is 0. The van der Waals surface area contributed by atoms with Gasteiger partial charge in [-0.2, -0.15) is 0 Å². The summed E-state index contributed by atoms with van der Waals surface area (Å²) in [6.45, 7) is 3.59. The lowest BCUT2D eigenvalue weighted by Gasteiger charge is -2.43. The Morgan fingerprint density at radius 2 is 1.50 bits per heavy atom. The molecule has 0 bridgehead atoms. The van der Waals surface area contributed by atoms with Crippen LogP contribution in [0.1, 0.15) is 60.8 Å². The van der Waals surface area contributed by atoms with E-state index in [-0.39, 0.29) is 5.82 Å². The fraction of sp³-hybridized carbons (Fsp3) is 0.357. The highest BCUT2D eigenvalue weighted by atomic mass is 19.1. The topological polar surface area (TPSA) is 3.24 Å². The second-order valence-electron chi connectivity index (χ2n) is 9.21. The third kappa shape index (κ3) is 3.81. The molecule has 1 nitrogen and oxygen atoms in total. The molecule has 1 saturated carbocycles. The number of nitrogens with zero attached hydrogens (tertiary/aromatic N) is 1. The minimum absolute atomic E-state index is 0.171. The van der Waals surface area contributed by atoms with Gasteiger partial charge in [0.05, 0.1) is 0 Å². The van der Waals surface area contributed by atoms with Gasteiger partial charge in [-0.05, 0) is 85.9 Å². The highest BCUT2D eigenvalue weighted by Crippen LogP contribution is 2.54. The van der Waals surface area contributed by atoms with Crippen LogP contribution in [-0.2, 0) is 12.0 Å². The average Bonchev–Trinajstić information content (AvgIpc) is 3.58. The molecular weight excluding hydrogens is 369 g/mol. The Morgan fingerprint density at radius 3 is 2.10 bits per heavy atom. The van der Waals surface area contributed by atoms with Gasteiger partial charge in [0.2, 0.25) is 0 Å². The van der Waals surface area contributed by atoms with Crippen LogP contribution < -0.4 is 0 Å². The maximum Gasteiger partial charge on any atom is 0.123 e. The van der Waals surface area contributed by atoms with Crippen LogP contribution in [0.25, 0.3) is 0 Å². The first-order valence-corrected chi connectivity index (χ1v) is 11.3. The van der Waals surface area contributed by atoms with Crippen LogP contribution in [0.2, 0.25) is 0 Å². The number of likely N-dealkylation sites (tertiary alicyclic amines) is 1. The monoisotopic (exact) mass is 399 g/mol. The number of rotatable bonds is 5. The van der Waals surface area contributed by atoms with E-state index in [1.807, 2.05) is 12.1 Å². The summed E-state index contributed by atoms with van der Waals surface area (Å²) in [5.74, 6) is 0.470. The zero-order valence-electron chi connectivity index (χ0n) is 17.7. The molecule has 3 aromatic rings. The summed E-state index contributed by atoms with van der Waals surface area (Å²) in [6, 6.07) is 27.7. The molecule has 3 aromatic carbocycles. The van der Waals surface area contributed by atoms with E-state index < -0.39 is 0 Å². The van der Waals surface area contributed by atoms with Crippen molar-refractivity contribution < 1.29 is 4.39 Å². The first kappa shape index (κ1) is 19.5. The van der Waals surface area contributed by atoms with Gasteiger partial charge in [-0.1, -0.05) is 66.7 Å². The largest absolute Gasteiger partial charge is 0.291 e. The lowest BCUT2D eigenvalue weighted by atomic mass is 9.83. The molecule has 2 fully saturated rings. The lowest BCUT2D eigenvalue weighted by Crippen LogP contribution is -2.46. The number of benzene rings is 3. The van der Waals surface area contributed by atoms with E-state index in [0.29, 0.717) is 17.5 Å². The molecule has 0 N–H and O–H groups in total. The maximum absolute atomic E-state index is 13.1. The highest BCUT2D eigenvalue weighted by Gasteiger charge is 2.51. The minimum Gasteiger partial charge on any atom is -0.291 e. The Morgan fingerprint density at radius 1 is 0.867 bits per heavy atom. The van der Waals surface area contributed by atoms with E-state index in [1.165, 1.54) is 48.9 Å². The second kappa shape index (κ2) is 8.00. The Bertz CT molecular complexity index is 973. The molecule has 0 spiro atoms. The van der Waals surface area contributed by atoms with E-state index in [2.05, 4.69) is 66.4 Å². The Balaban J connectivity index is 1.24. The molecule has 2 atom stereocenters. The molecule has 2 heteroatoms. The van der Waals surface area contributed by atoms with Crippen molar-refractivity contribution in [1.82, 2.24) is 4.90 Å². The van der Waals surface area contributed by atoms with Gasteiger partial charge in [-0.25, -0.2) is 4.39 Å². The van der Waals surface area contributed by atoms with Crippen molar-refractivity contribution in [3.8, 4) is 0 Å². The molecule has 1 aliphatic carbocycles. The fourth-order valence-electron chi connectivity index (χ4n) is 5.46. The van der Waals surface area contributed by atoms with E-state index in [1.54, 1.807) is 12.1 Å². The maximum atomic E-state index is 13.1. The van der Waals surface area contributed by atoms with Crippen LogP contribution in [0.15, 0.2) is 78.9 Å². The Labute approximate surface area is 179 Å². The van der Waals surface area contributed by atoms with Crippen molar-refractivity contribution in [1.29, 1.82) is 0 Å². The van der Waals surface area contributed by atoms with Crippen molar-refractivity contribution >= 4 is 0 Å². The summed E-state index contributed by atoms with van der Waals surface area (Å²) in [7, 11) is 0. The van der Waals surface area contributed by atoms with Crippen LogP contribution in [-0.4, -0.2) is 17.5 Å². The second-order valence-corrected chi connectivity index (χ2v) is 9.21. The molecule has 30 heavy (non-hydrogen) atoms. The predicted octanol–water partition coefficient (Wildman–Crippen LogP) is 6.67. The molecule has 0 amide bonds. The minimum atomic E-state index is -0.171. The van der Waals surface area contributed by atoms with Gasteiger partial charge < -0.3 is 0 Å². The van der Waals surface area contributed by atoms with E-state index in [9.17, 15) is 4.39 Å². The van der Waals surface area contributed by atoms with E-state index >= 15 is 0 Å². The van der Waals surface area contributed by atoms with Crippen molar-refractivity contribution in [2.24, 2.45) is 0 Å². The van der Waals surface area contributed by atoms with Crippen molar-refractivity contribution in [3.63, 3.8) is 0 Å². The first-order chi connectivity index (χ1) is 14.6. The van der Waals surface area contributed by atoms with Crippen LogP contribution in [0.5, 0.6) is 0 Å². The molecule has 2 unspecified atom stereocenters. The van der Waals surface area contributed by atoms with Gasteiger partial charge in [0.15, 0.2) is 0 Å². The van der Waals surface area contributed by atoms with Gasteiger partial charge in [-0.15, -0.1) is 0 Å². The summed E-state index contributed by atoms with van der Waals surface area (Å²) < 4.78 is 13.1. The number of hydrogen-bond acceptors (Lipinski definition) is 1.